The number of amides is 2. The van der Waals surface area contributed by atoms with E-state index in [1.54, 1.807) is 6.92 Å². The Kier molecular flexibility index (Phi) is 7.61. The average Bonchev–Trinajstić information content (AvgIpc) is 2.52. The molecule has 1 rings (SSSR count). The molecule has 0 fully saturated rings. The van der Waals surface area contributed by atoms with Crippen LogP contribution in [0, 0.1) is 0 Å². The van der Waals surface area contributed by atoms with Crippen LogP contribution in [0.3, 0.4) is 0 Å². The minimum atomic E-state index is -0.810. The molecule has 0 saturated carbocycles. The molecule has 0 aliphatic heterocycles. The molecule has 3 N–H and O–H groups in total. The minimum absolute atomic E-state index is 0.0224. The second kappa shape index (κ2) is 9.20. The fraction of sp³-hybridized carbons (Fsp3) is 0.526. The number of esters is 1. The zero-order valence-electron chi connectivity index (χ0n) is 15.4. The second-order valence-corrected chi connectivity index (χ2v) is 6.98. The molecular formula is C19H28N2O4. The van der Waals surface area contributed by atoms with Crippen molar-refractivity contribution in [2.45, 2.75) is 58.4 Å². The first-order valence-electron chi connectivity index (χ1n) is 8.47. The summed E-state index contributed by atoms with van der Waals surface area (Å²) in [7, 11) is 0. The van der Waals surface area contributed by atoms with E-state index in [-0.39, 0.29) is 24.9 Å². The Hall–Kier alpha value is -2.37. The molecule has 0 unspecified atom stereocenters. The van der Waals surface area contributed by atoms with Crippen LogP contribution in [0.15, 0.2) is 24.3 Å². The maximum Gasteiger partial charge on any atom is 0.306 e. The summed E-state index contributed by atoms with van der Waals surface area (Å²) in [5.74, 6) is -1.45. The highest BCUT2D eigenvalue weighted by Crippen LogP contribution is 2.22. The number of carbonyl (C=O) groups excluding carboxylic acids is 3. The first kappa shape index (κ1) is 20.7. The molecular weight excluding hydrogens is 320 g/mol. The van der Waals surface area contributed by atoms with Gasteiger partial charge in [0.05, 0.1) is 13.0 Å². The zero-order chi connectivity index (χ0) is 19.0. The lowest BCUT2D eigenvalue weighted by Gasteiger charge is -2.20. The van der Waals surface area contributed by atoms with Crippen molar-refractivity contribution in [2.75, 3.05) is 6.61 Å². The smallest absolute Gasteiger partial charge is 0.306 e. The Morgan fingerprint density at radius 3 is 2.20 bits per heavy atom. The number of primary amides is 1. The Bertz CT molecular complexity index is 603. The van der Waals surface area contributed by atoms with E-state index in [2.05, 4.69) is 26.1 Å². The lowest BCUT2D eigenvalue weighted by Crippen LogP contribution is -2.45. The van der Waals surface area contributed by atoms with Crippen molar-refractivity contribution < 1.29 is 19.1 Å². The third kappa shape index (κ3) is 7.37. The maximum absolute atomic E-state index is 11.9. The monoisotopic (exact) mass is 348 g/mol. The fourth-order valence-corrected chi connectivity index (χ4v) is 2.31. The van der Waals surface area contributed by atoms with Gasteiger partial charge < -0.3 is 15.8 Å². The van der Waals surface area contributed by atoms with Crippen molar-refractivity contribution in [1.82, 2.24) is 5.32 Å². The first-order chi connectivity index (χ1) is 11.6. The van der Waals surface area contributed by atoms with Gasteiger partial charge in [0.25, 0.3) is 0 Å². The summed E-state index contributed by atoms with van der Waals surface area (Å²) in [6, 6.07) is 7.07. The number of carbonyl (C=O) groups is 3. The summed E-state index contributed by atoms with van der Waals surface area (Å²) < 4.78 is 4.77. The summed E-state index contributed by atoms with van der Waals surface area (Å²) in [5, 5.41) is 2.59. The molecule has 0 aliphatic carbocycles. The normalized spacial score (nSPS) is 12.3. The molecule has 25 heavy (non-hydrogen) atoms. The SMILES string of the molecule is CCOC(=O)CCC(=O)N[C@H](Cc1ccc(C(C)(C)C)cc1)C(N)=O. The summed E-state index contributed by atoms with van der Waals surface area (Å²) >= 11 is 0. The van der Waals surface area contributed by atoms with Crippen LogP contribution in [0.2, 0.25) is 0 Å². The molecule has 0 spiro atoms. The van der Waals surface area contributed by atoms with Gasteiger partial charge in [0.2, 0.25) is 11.8 Å². The number of nitrogens with two attached hydrogens (primary N) is 1. The molecule has 0 radical (unpaired) electrons. The van der Waals surface area contributed by atoms with E-state index in [9.17, 15) is 14.4 Å². The average molecular weight is 348 g/mol. The van der Waals surface area contributed by atoms with Crippen molar-refractivity contribution >= 4 is 17.8 Å². The summed E-state index contributed by atoms with van der Waals surface area (Å²) in [6.07, 6.45) is 0.252. The first-order valence-corrected chi connectivity index (χ1v) is 8.47. The highest BCUT2D eigenvalue weighted by molar-refractivity contribution is 5.88. The van der Waals surface area contributed by atoms with Gasteiger partial charge in [-0.2, -0.15) is 0 Å². The third-order valence-electron chi connectivity index (χ3n) is 3.80. The lowest BCUT2D eigenvalue weighted by atomic mass is 9.86. The molecule has 6 nitrogen and oxygen atoms in total. The molecule has 2 amide bonds. The Morgan fingerprint density at radius 1 is 1.12 bits per heavy atom. The summed E-state index contributed by atoms with van der Waals surface area (Å²) in [6.45, 7) is 8.34. The summed E-state index contributed by atoms with van der Waals surface area (Å²) in [4.78, 5) is 34.8. The summed E-state index contributed by atoms with van der Waals surface area (Å²) in [5.41, 5.74) is 7.53. The van der Waals surface area contributed by atoms with Crippen LogP contribution < -0.4 is 11.1 Å². The quantitative estimate of drug-likeness (QED) is 0.700. The molecule has 0 aromatic heterocycles. The maximum atomic E-state index is 11.9. The molecule has 1 atom stereocenters. The molecule has 0 saturated heterocycles. The van der Waals surface area contributed by atoms with E-state index in [1.807, 2.05) is 24.3 Å². The van der Waals surface area contributed by atoms with E-state index in [0.29, 0.717) is 6.42 Å². The van der Waals surface area contributed by atoms with Crippen molar-refractivity contribution in [2.24, 2.45) is 5.73 Å². The van der Waals surface area contributed by atoms with Crippen LogP contribution in [0.5, 0.6) is 0 Å². The molecule has 0 aliphatic rings. The van der Waals surface area contributed by atoms with Crippen LogP contribution in [-0.4, -0.2) is 30.4 Å². The van der Waals surface area contributed by atoms with Gasteiger partial charge in [-0.1, -0.05) is 45.0 Å². The van der Waals surface area contributed by atoms with Crippen molar-refractivity contribution in [3.8, 4) is 0 Å². The van der Waals surface area contributed by atoms with Gasteiger partial charge in [0, 0.05) is 12.8 Å². The van der Waals surface area contributed by atoms with Crippen LogP contribution >= 0.6 is 0 Å². The number of benzene rings is 1. The number of ether oxygens (including phenoxy) is 1. The fourth-order valence-electron chi connectivity index (χ4n) is 2.31. The van der Waals surface area contributed by atoms with Crippen LogP contribution in [0.1, 0.15) is 51.7 Å². The van der Waals surface area contributed by atoms with Crippen molar-refractivity contribution in [1.29, 1.82) is 0 Å². The van der Waals surface area contributed by atoms with E-state index in [4.69, 9.17) is 10.5 Å². The largest absolute Gasteiger partial charge is 0.466 e. The molecule has 1 aromatic carbocycles. The minimum Gasteiger partial charge on any atom is -0.466 e. The van der Waals surface area contributed by atoms with Gasteiger partial charge in [-0.15, -0.1) is 0 Å². The highest BCUT2D eigenvalue weighted by atomic mass is 16.5. The second-order valence-electron chi connectivity index (χ2n) is 6.98. The van der Waals surface area contributed by atoms with Gasteiger partial charge in [0.15, 0.2) is 0 Å². The van der Waals surface area contributed by atoms with E-state index in [1.165, 1.54) is 5.56 Å². The van der Waals surface area contributed by atoms with Gasteiger partial charge >= 0.3 is 5.97 Å². The number of rotatable bonds is 8. The molecule has 138 valence electrons. The van der Waals surface area contributed by atoms with Crippen LogP contribution in [-0.2, 0) is 31.0 Å². The topological polar surface area (TPSA) is 98.5 Å². The molecule has 1 aromatic rings. The number of hydrogen-bond acceptors (Lipinski definition) is 4. The van der Waals surface area contributed by atoms with Gasteiger partial charge in [-0.25, -0.2) is 0 Å². The Labute approximate surface area is 149 Å². The van der Waals surface area contributed by atoms with Gasteiger partial charge in [-0.3, -0.25) is 14.4 Å². The predicted molar refractivity (Wildman–Crippen MR) is 95.8 cm³/mol. The molecule has 0 bridgehead atoms. The van der Waals surface area contributed by atoms with Crippen LogP contribution in [0.25, 0.3) is 0 Å². The van der Waals surface area contributed by atoms with E-state index in [0.717, 1.165) is 5.56 Å². The van der Waals surface area contributed by atoms with Gasteiger partial charge in [-0.05, 0) is 23.5 Å². The van der Waals surface area contributed by atoms with Crippen LogP contribution in [0.4, 0.5) is 0 Å². The predicted octanol–water partition coefficient (Wildman–Crippen LogP) is 1.84. The molecule has 0 heterocycles. The third-order valence-corrected chi connectivity index (χ3v) is 3.80. The highest BCUT2D eigenvalue weighted by Gasteiger charge is 2.20. The Morgan fingerprint density at radius 2 is 1.72 bits per heavy atom. The number of hydrogen-bond donors (Lipinski definition) is 2. The standard InChI is InChI=1S/C19H28N2O4/c1-5-25-17(23)11-10-16(22)21-15(18(20)24)12-13-6-8-14(9-7-13)19(2,3)4/h6-9,15H,5,10-12H2,1-4H3,(H2,20,24)(H,21,22)/t15-/m1/s1. The lowest BCUT2D eigenvalue weighted by molar-refractivity contribution is -0.144. The van der Waals surface area contributed by atoms with E-state index < -0.39 is 23.8 Å². The van der Waals surface area contributed by atoms with Crippen molar-refractivity contribution in [3.05, 3.63) is 35.4 Å². The number of nitrogens with one attached hydrogen (secondary N) is 1. The van der Waals surface area contributed by atoms with Crippen molar-refractivity contribution in [3.63, 3.8) is 0 Å². The molecule has 6 heteroatoms. The zero-order valence-corrected chi connectivity index (χ0v) is 15.4. The van der Waals surface area contributed by atoms with E-state index >= 15 is 0 Å². The van der Waals surface area contributed by atoms with Gasteiger partial charge in [0.1, 0.15) is 6.04 Å². The Balaban J connectivity index is 2.64.